The molecule has 0 aliphatic carbocycles. The van der Waals surface area contributed by atoms with Gasteiger partial charge in [-0.1, -0.05) is 6.92 Å². The van der Waals surface area contributed by atoms with Crippen molar-refractivity contribution in [3.63, 3.8) is 0 Å². The number of nitrogens with two attached hydrogens (primary N) is 1. The Balaban J connectivity index is 2.22. The summed E-state index contributed by atoms with van der Waals surface area (Å²) in [4.78, 5) is 15.9. The van der Waals surface area contributed by atoms with Gasteiger partial charge in [0, 0.05) is 12.4 Å². The number of hydrogen-bond donors (Lipinski definition) is 3. The number of aryl methyl sites for hydroxylation is 1. The Morgan fingerprint density at radius 2 is 2.39 bits per heavy atom. The zero-order valence-electron chi connectivity index (χ0n) is 9.70. The molecule has 0 aliphatic heterocycles. The number of halogens is 1. The molecule has 2 aromatic heterocycles. The Morgan fingerprint density at radius 1 is 1.61 bits per heavy atom. The van der Waals surface area contributed by atoms with Gasteiger partial charge in [-0.05, 0) is 28.4 Å². The topological polar surface area (TPSA) is 96.7 Å². The summed E-state index contributed by atoms with van der Waals surface area (Å²) in [6, 6.07) is 1.69. The first kappa shape index (κ1) is 12.6. The summed E-state index contributed by atoms with van der Waals surface area (Å²) in [6.45, 7) is 1.94. The number of pyridine rings is 1. The Labute approximate surface area is 112 Å². The van der Waals surface area contributed by atoms with Crippen molar-refractivity contribution in [3.8, 4) is 0 Å². The molecule has 0 saturated heterocycles. The number of nitrogen functional groups attached to an aromatic ring is 1. The SMILES string of the molecule is CCc1[nH]nc(C(=O)Nc2ccncc2Br)c1N. The lowest BCUT2D eigenvalue weighted by Gasteiger charge is -2.05. The van der Waals surface area contributed by atoms with Gasteiger partial charge in [-0.3, -0.25) is 14.9 Å². The molecule has 6 nitrogen and oxygen atoms in total. The predicted molar refractivity (Wildman–Crippen MR) is 72.3 cm³/mol. The van der Waals surface area contributed by atoms with Gasteiger partial charge < -0.3 is 11.1 Å². The number of aromatic amines is 1. The smallest absolute Gasteiger partial charge is 0.278 e. The Hall–Kier alpha value is -1.89. The predicted octanol–water partition coefficient (Wildman–Crippen LogP) is 1.96. The van der Waals surface area contributed by atoms with Crippen molar-refractivity contribution in [3.05, 3.63) is 34.3 Å². The summed E-state index contributed by atoms with van der Waals surface area (Å²) in [6.07, 6.45) is 3.89. The lowest BCUT2D eigenvalue weighted by atomic mass is 10.2. The van der Waals surface area contributed by atoms with Gasteiger partial charge in [0.15, 0.2) is 5.69 Å². The molecular weight excluding hydrogens is 298 g/mol. The number of carbonyl (C=O) groups is 1. The molecule has 7 heteroatoms. The molecule has 0 aliphatic rings. The monoisotopic (exact) mass is 309 g/mol. The van der Waals surface area contributed by atoms with Gasteiger partial charge in [0.2, 0.25) is 0 Å². The molecule has 2 rings (SSSR count). The van der Waals surface area contributed by atoms with Crippen molar-refractivity contribution >= 4 is 33.2 Å². The van der Waals surface area contributed by atoms with Gasteiger partial charge in [-0.15, -0.1) is 0 Å². The fourth-order valence-corrected chi connectivity index (χ4v) is 1.84. The molecular formula is C11H12BrN5O. The van der Waals surface area contributed by atoms with E-state index in [0.717, 1.165) is 5.69 Å². The molecule has 4 N–H and O–H groups in total. The van der Waals surface area contributed by atoms with Crippen LogP contribution in [0.25, 0.3) is 0 Å². The fourth-order valence-electron chi connectivity index (χ4n) is 1.49. The van der Waals surface area contributed by atoms with Gasteiger partial charge in [0.1, 0.15) is 0 Å². The van der Waals surface area contributed by atoms with E-state index >= 15 is 0 Å². The molecule has 2 aromatic rings. The fraction of sp³-hybridized carbons (Fsp3) is 0.182. The van der Waals surface area contributed by atoms with Gasteiger partial charge in [0.05, 0.1) is 21.5 Å². The summed E-state index contributed by atoms with van der Waals surface area (Å²) >= 11 is 3.30. The molecule has 0 unspecified atom stereocenters. The number of anilines is 2. The summed E-state index contributed by atoms with van der Waals surface area (Å²) in [7, 11) is 0. The number of rotatable bonds is 3. The minimum Gasteiger partial charge on any atom is -0.395 e. The number of amides is 1. The van der Waals surface area contributed by atoms with Gasteiger partial charge >= 0.3 is 0 Å². The maximum Gasteiger partial charge on any atom is 0.278 e. The molecule has 0 aromatic carbocycles. The highest BCUT2D eigenvalue weighted by Crippen LogP contribution is 2.22. The quantitative estimate of drug-likeness (QED) is 0.807. The molecule has 0 spiro atoms. The molecule has 0 bridgehead atoms. The zero-order chi connectivity index (χ0) is 13.1. The first-order chi connectivity index (χ1) is 8.63. The average molecular weight is 310 g/mol. The van der Waals surface area contributed by atoms with Crippen molar-refractivity contribution in [1.29, 1.82) is 0 Å². The van der Waals surface area contributed by atoms with Crippen molar-refractivity contribution in [2.45, 2.75) is 13.3 Å². The van der Waals surface area contributed by atoms with E-state index in [1.807, 2.05) is 6.92 Å². The molecule has 1 amide bonds. The van der Waals surface area contributed by atoms with Crippen LogP contribution < -0.4 is 11.1 Å². The van der Waals surface area contributed by atoms with E-state index in [0.29, 0.717) is 22.3 Å². The van der Waals surface area contributed by atoms with Crippen LogP contribution in [-0.2, 0) is 6.42 Å². The van der Waals surface area contributed by atoms with E-state index in [9.17, 15) is 4.79 Å². The van der Waals surface area contributed by atoms with Crippen LogP contribution in [0.2, 0.25) is 0 Å². The maximum atomic E-state index is 12.0. The van der Waals surface area contributed by atoms with Crippen molar-refractivity contribution < 1.29 is 4.79 Å². The molecule has 18 heavy (non-hydrogen) atoms. The molecule has 0 fully saturated rings. The standard InChI is InChI=1S/C11H12BrN5O/c1-2-7-9(13)10(17-16-7)11(18)15-8-3-4-14-5-6(8)12/h3-5H,2,13H2,1H3,(H,16,17)(H,14,15,18). The van der Waals surface area contributed by atoms with E-state index in [2.05, 4.69) is 36.4 Å². The second-order valence-electron chi connectivity index (χ2n) is 3.63. The highest BCUT2D eigenvalue weighted by Gasteiger charge is 2.17. The summed E-state index contributed by atoms with van der Waals surface area (Å²) < 4.78 is 0.697. The van der Waals surface area contributed by atoms with Gasteiger partial charge in [-0.25, -0.2) is 0 Å². The Morgan fingerprint density at radius 3 is 3.00 bits per heavy atom. The van der Waals surface area contributed by atoms with Crippen molar-refractivity contribution in [2.24, 2.45) is 0 Å². The van der Waals surface area contributed by atoms with Crippen LogP contribution in [0.3, 0.4) is 0 Å². The molecule has 0 radical (unpaired) electrons. The number of nitrogens with one attached hydrogen (secondary N) is 2. The summed E-state index contributed by atoms with van der Waals surface area (Å²) in [5.74, 6) is -0.352. The van der Waals surface area contributed by atoms with Crippen LogP contribution in [0.4, 0.5) is 11.4 Å². The first-order valence-electron chi connectivity index (χ1n) is 5.37. The van der Waals surface area contributed by atoms with Crippen LogP contribution in [-0.4, -0.2) is 21.1 Å². The van der Waals surface area contributed by atoms with E-state index < -0.39 is 0 Å². The van der Waals surface area contributed by atoms with Crippen LogP contribution in [0.15, 0.2) is 22.9 Å². The van der Waals surface area contributed by atoms with E-state index in [4.69, 9.17) is 5.73 Å². The third kappa shape index (κ3) is 2.35. The highest BCUT2D eigenvalue weighted by molar-refractivity contribution is 9.10. The highest BCUT2D eigenvalue weighted by atomic mass is 79.9. The number of aromatic nitrogens is 3. The third-order valence-corrected chi connectivity index (χ3v) is 3.10. The Bertz CT molecular complexity index is 581. The molecule has 0 saturated carbocycles. The van der Waals surface area contributed by atoms with Gasteiger partial charge in [-0.2, -0.15) is 5.10 Å². The molecule has 2 heterocycles. The van der Waals surface area contributed by atoms with E-state index in [-0.39, 0.29) is 11.6 Å². The normalized spacial score (nSPS) is 10.3. The largest absolute Gasteiger partial charge is 0.395 e. The van der Waals surface area contributed by atoms with Crippen LogP contribution >= 0.6 is 15.9 Å². The third-order valence-electron chi connectivity index (χ3n) is 2.47. The molecule has 94 valence electrons. The zero-order valence-corrected chi connectivity index (χ0v) is 11.3. The summed E-state index contributed by atoms with van der Waals surface area (Å²) in [5.41, 5.74) is 7.80. The second kappa shape index (κ2) is 5.18. The number of nitrogens with zero attached hydrogens (tertiary/aromatic N) is 2. The lowest BCUT2D eigenvalue weighted by Crippen LogP contribution is -2.14. The molecule has 0 atom stereocenters. The van der Waals surface area contributed by atoms with E-state index in [1.54, 1.807) is 18.5 Å². The van der Waals surface area contributed by atoms with Crippen molar-refractivity contribution in [2.75, 3.05) is 11.1 Å². The van der Waals surface area contributed by atoms with E-state index in [1.165, 1.54) is 0 Å². The second-order valence-corrected chi connectivity index (χ2v) is 4.48. The van der Waals surface area contributed by atoms with Crippen LogP contribution in [0.1, 0.15) is 23.1 Å². The van der Waals surface area contributed by atoms with Crippen molar-refractivity contribution in [1.82, 2.24) is 15.2 Å². The minimum atomic E-state index is -0.352. The summed E-state index contributed by atoms with van der Waals surface area (Å²) in [5, 5.41) is 9.38. The lowest BCUT2D eigenvalue weighted by molar-refractivity contribution is 0.102. The number of carbonyl (C=O) groups excluding carboxylic acids is 1. The maximum absolute atomic E-state index is 12.0. The minimum absolute atomic E-state index is 0.204. The Kier molecular flexibility index (Phi) is 3.61. The van der Waals surface area contributed by atoms with Crippen LogP contribution in [0.5, 0.6) is 0 Å². The number of hydrogen-bond acceptors (Lipinski definition) is 4. The number of H-pyrrole nitrogens is 1. The first-order valence-corrected chi connectivity index (χ1v) is 6.16. The average Bonchev–Trinajstić information content (AvgIpc) is 2.73. The van der Waals surface area contributed by atoms with Gasteiger partial charge in [0.25, 0.3) is 5.91 Å². The van der Waals surface area contributed by atoms with Crippen LogP contribution in [0, 0.1) is 0 Å².